The number of carbonyl (C=O) groups is 1. The zero-order chi connectivity index (χ0) is 23.4. The summed E-state index contributed by atoms with van der Waals surface area (Å²) in [7, 11) is 6.27. The predicted octanol–water partition coefficient (Wildman–Crippen LogP) is 4.75. The molecule has 0 aromatic heterocycles. The lowest BCUT2D eigenvalue weighted by Gasteiger charge is -2.20. The third-order valence-electron chi connectivity index (χ3n) is 5.64. The van der Waals surface area contributed by atoms with Gasteiger partial charge in [-0.05, 0) is 62.6 Å². The maximum Gasteiger partial charge on any atom is 0.258 e. The van der Waals surface area contributed by atoms with E-state index in [1.807, 2.05) is 42.5 Å². The molecule has 0 fully saturated rings. The maximum atomic E-state index is 13.7. The number of likely N-dealkylation sites (N-methyl/N-ethyl adjacent to an activating group) is 2. The van der Waals surface area contributed by atoms with Gasteiger partial charge in [-0.1, -0.05) is 42.5 Å². The molecule has 0 aliphatic carbocycles. The van der Waals surface area contributed by atoms with Crippen LogP contribution >= 0.6 is 0 Å². The molecule has 0 radical (unpaired) electrons. The van der Waals surface area contributed by atoms with Crippen molar-refractivity contribution in [1.82, 2.24) is 9.80 Å². The minimum Gasteiger partial charge on any atom is -0.354 e. The lowest BCUT2D eigenvalue weighted by Crippen LogP contribution is -2.28. The van der Waals surface area contributed by atoms with Crippen molar-refractivity contribution in [2.45, 2.75) is 6.54 Å². The number of halogens is 1. The van der Waals surface area contributed by atoms with Crippen molar-refractivity contribution in [2.75, 3.05) is 44.9 Å². The van der Waals surface area contributed by atoms with E-state index < -0.39 is 0 Å². The van der Waals surface area contributed by atoms with E-state index in [4.69, 9.17) is 0 Å². The van der Waals surface area contributed by atoms with Crippen LogP contribution in [0, 0.1) is 5.82 Å². The minimum atomic E-state index is -0.379. The predicted molar refractivity (Wildman–Crippen MR) is 133 cm³/mol. The fraction of sp³-hybridized carbons (Fsp3) is 0.222. The molecule has 1 amide bonds. The molecule has 1 aliphatic rings. The van der Waals surface area contributed by atoms with Crippen molar-refractivity contribution in [3.63, 3.8) is 0 Å². The van der Waals surface area contributed by atoms with Crippen LogP contribution < -0.4 is 10.6 Å². The Bertz CT molecular complexity index is 1160. The number of carbonyl (C=O) groups excluding carboxylic acids is 1. The van der Waals surface area contributed by atoms with Gasteiger partial charge in [-0.25, -0.2) is 4.39 Å². The first-order valence-electron chi connectivity index (χ1n) is 11.0. The van der Waals surface area contributed by atoms with Gasteiger partial charge < -0.3 is 20.4 Å². The molecule has 6 heteroatoms. The Morgan fingerprint density at radius 2 is 1.67 bits per heavy atom. The Labute approximate surface area is 194 Å². The topological polar surface area (TPSA) is 47.6 Å². The van der Waals surface area contributed by atoms with Gasteiger partial charge in [0.2, 0.25) is 0 Å². The second-order valence-electron chi connectivity index (χ2n) is 8.62. The number of hydrogen-bond acceptors (Lipinski definition) is 4. The fourth-order valence-corrected chi connectivity index (χ4v) is 3.88. The Kier molecular flexibility index (Phi) is 6.87. The van der Waals surface area contributed by atoms with Crippen LogP contribution in [-0.2, 0) is 11.3 Å². The minimum absolute atomic E-state index is 0.249. The van der Waals surface area contributed by atoms with Crippen molar-refractivity contribution >= 4 is 28.6 Å². The summed E-state index contributed by atoms with van der Waals surface area (Å²) in [6.07, 6.45) is 0. The Morgan fingerprint density at radius 3 is 2.36 bits per heavy atom. The summed E-state index contributed by atoms with van der Waals surface area (Å²) in [5.41, 5.74) is 5.35. The van der Waals surface area contributed by atoms with Gasteiger partial charge in [0, 0.05) is 30.9 Å². The quantitative estimate of drug-likeness (QED) is 0.492. The van der Waals surface area contributed by atoms with Crippen molar-refractivity contribution in [1.29, 1.82) is 0 Å². The van der Waals surface area contributed by atoms with Crippen LogP contribution in [0.1, 0.15) is 16.7 Å². The molecular formula is C27H29FN4O. The lowest BCUT2D eigenvalue weighted by atomic mass is 10.00. The van der Waals surface area contributed by atoms with Crippen LogP contribution in [0.5, 0.6) is 0 Å². The van der Waals surface area contributed by atoms with Gasteiger partial charge in [0.15, 0.2) is 0 Å². The Morgan fingerprint density at radius 1 is 0.939 bits per heavy atom. The zero-order valence-electron chi connectivity index (χ0n) is 19.2. The highest BCUT2D eigenvalue weighted by Crippen LogP contribution is 2.37. The van der Waals surface area contributed by atoms with Gasteiger partial charge in [-0.15, -0.1) is 0 Å². The smallest absolute Gasteiger partial charge is 0.258 e. The van der Waals surface area contributed by atoms with E-state index >= 15 is 0 Å². The first-order chi connectivity index (χ1) is 15.9. The molecule has 3 aromatic carbocycles. The van der Waals surface area contributed by atoms with Gasteiger partial charge in [0.1, 0.15) is 5.82 Å². The molecule has 1 heterocycles. The molecule has 0 atom stereocenters. The summed E-state index contributed by atoms with van der Waals surface area (Å²) >= 11 is 0. The monoisotopic (exact) mass is 444 g/mol. The molecule has 5 nitrogen and oxygen atoms in total. The molecule has 33 heavy (non-hydrogen) atoms. The van der Waals surface area contributed by atoms with Crippen LogP contribution in [0.4, 0.5) is 15.8 Å². The highest BCUT2D eigenvalue weighted by Gasteiger charge is 2.28. The van der Waals surface area contributed by atoms with Crippen molar-refractivity contribution < 1.29 is 9.18 Å². The van der Waals surface area contributed by atoms with Crippen molar-refractivity contribution in [3.05, 3.63) is 95.3 Å². The van der Waals surface area contributed by atoms with Gasteiger partial charge >= 0.3 is 0 Å². The molecule has 0 saturated carbocycles. The number of fused-ring (bicyclic) bond motifs is 1. The summed E-state index contributed by atoms with van der Waals surface area (Å²) in [5.74, 6) is -0.628. The van der Waals surface area contributed by atoms with E-state index in [-0.39, 0.29) is 11.7 Å². The summed E-state index contributed by atoms with van der Waals surface area (Å²) in [6.45, 7) is 2.87. The molecule has 0 spiro atoms. The summed E-state index contributed by atoms with van der Waals surface area (Å²) < 4.78 is 13.7. The SMILES string of the molecule is CN(C)CCN(C)Cc1ccc(N/C(=C2\C(=O)Nc3cc(F)ccc32)c2ccccc2)cc1. The second-order valence-corrected chi connectivity index (χ2v) is 8.62. The fourth-order valence-electron chi connectivity index (χ4n) is 3.88. The van der Waals surface area contributed by atoms with Crippen molar-refractivity contribution in [3.8, 4) is 0 Å². The van der Waals surface area contributed by atoms with Crippen LogP contribution in [0.25, 0.3) is 11.3 Å². The normalized spacial score (nSPS) is 14.4. The first kappa shape index (κ1) is 22.7. The third-order valence-corrected chi connectivity index (χ3v) is 5.64. The summed E-state index contributed by atoms with van der Waals surface area (Å²) in [6, 6.07) is 22.3. The number of rotatable bonds is 8. The number of nitrogens with one attached hydrogen (secondary N) is 2. The van der Waals surface area contributed by atoms with Gasteiger partial charge in [-0.2, -0.15) is 0 Å². The van der Waals surface area contributed by atoms with E-state index in [2.05, 4.69) is 53.7 Å². The van der Waals surface area contributed by atoms with Gasteiger partial charge in [0.25, 0.3) is 5.91 Å². The molecule has 2 N–H and O–H groups in total. The van der Waals surface area contributed by atoms with Gasteiger partial charge in [-0.3, -0.25) is 4.79 Å². The summed E-state index contributed by atoms with van der Waals surface area (Å²) in [4.78, 5) is 17.4. The molecule has 0 saturated heterocycles. The molecule has 0 unspecified atom stereocenters. The molecule has 3 aromatic rings. The number of hydrogen-bond donors (Lipinski definition) is 2. The van der Waals surface area contributed by atoms with E-state index in [0.29, 0.717) is 22.5 Å². The molecule has 170 valence electrons. The van der Waals surface area contributed by atoms with Crippen LogP contribution in [0.2, 0.25) is 0 Å². The number of nitrogens with zero attached hydrogens (tertiary/aromatic N) is 2. The second kappa shape index (κ2) is 9.98. The summed E-state index contributed by atoms with van der Waals surface area (Å²) in [5, 5.41) is 6.24. The largest absolute Gasteiger partial charge is 0.354 e. The standard InChI is InChI=1S/C27H29FN4O/c1-31(2)15-16-32(3)18-19-9-12-22(13-10-19)29-26(20-7-5-4-6-8-20)25-23-14-11-21(28)17-24(23)30-27(25)33/h4-14,17,29H,15-16,18H2,1-3H3,(H,30,33)/b26-25-. The number of anilines is 2. The third kappa shape index (κ3) is 5.48. The molecular weight excluding hydrogens is 415 g/mol. The average molecular weight is 445 g/mol. The van der Waals surface area contributed by atoms with Crippen LogP contribution in [0.3, 0.4) is 0 Å². The average Bonchev–Trinajstić information content (AvgIpc) is 3.12. The van der Waals surface area contributed by atoms with E-state index in [0.717, 1.165) is 30.9 Å². The molecule has 0 bridgehead atoms. The Balaban J connectivity index is 1.62. The number of benzene rings is 3. The van der Waals surface area contributed by atoms with Crippen molar-refractivity contribution in [2.24, 2.45) is 0 Å². The lowest BCUT2D eigenvalue weighted by molar-refractivity contribution is -0.110. The maximum absolute atomic E-state index is 13.7. The Hall–Kier alpha value is -3.48. The zero-order valence-corrected chi connectivity index (χ0v) is 19.2. The first-order valence-corrected chi connectivity index (χ1v) is 11.0. The van der Waals surface area contributed by atoms with Gasteiger partial charge in [0.05, 0.1) is 17.0 Å². The highest BCUT2D eigenvalue weighted by atomic mass is 19.1. The van der Waals surface area contributed by atoms with E-state index in [9.17, 15) is 9.18 Å². The van der Waals surface area contributed by atoms with Crippen LogP contribution in [-0.4, -0.2) is 49.9 Å². The molecule has 1 aliphatic heterocycles. The highest BCUT2D eigenvalue weighted by molar-refractivity contribution is 6.37. The van der Waals surface area contributed by atoms with E-state index in [1.165, 1.54) is 17.7 Å². The number of amides is 1. The van der Waals surface area contributed by atoms with E-state index in [1.54, 1.807) is 6.07 Å². The molecule has 4 rings (SSSR count). The van der Waals surface area contributed by atoms with Crippen LogP contribution in [0.15, 0.2) is 72.8 Å².